The molecule has 9 nitrogen and oxygen atoms in total. The second-order valence-electron chi connectivity index (χ2n) is 13.3. The van der Waals surface area contributed by atoms with Crippen LogP contribution in [0.25, 0.3) is 32.0 Å². The number of carbonyl (C=O) groups excluding carboxylic acids is 1. The summed E-state index contributed by atoms with van der Waals surface area (Å²) in [7, 11) is 1.26. The Labute approximate surface area is 298 Å². The number of halogens is 4. The lowest BCUT2D eigenvalue weighted by Crippen LogP contribution is -2.28. The van der Waals surface area contributed by atoms with Crippen LogP contribution in [0.3, 0.4) is 0 Å². The summed E-state index contributed by atoms with van der Waals surface area (Å²) in [5.41, 5.74) is 4.16. The van der Waals surface area contributed by atoms with E-state index < -0.39 is 24.2 Å². The first-order valence-corrected chi connectivity index (χ1v) is 17.7. The average Bonchev–Trinajstić information content (AvgIpc) is 3.95. The summed E-state index contributed by atoms with van der Waals surface area (Å²) in [4.78, 5) is 26.4. The minimum absolute atomic E-state index is 0.114. The van der Waals surface area contributed by atoms with Gasteiger partial charge in [-0.3, -0.25) is 9.78 Å². The van der Waals surface area contributed by atoms with Gasteiger partial charge in [0.15, 0.2) is 11.6 Å². The highest BCUT2D eigenvalue weighted by atomic mass is 32.1. The van der Waals surface area contributed by atoms with Gasteiger partial charge in [0.25, 0.3) is 11.8 Å². The highest BCUT2D eigenvalue weighted by molar-refractivity contribution is 7.23. The van der Waals surface area contributed by atoms with Crippen molar-refractivity contribution in [3.63, 3.8) is 0 Å². The number of alkyl halides is 2. The summed E-state index contributed by atoms with van der Waals surface area (Å²) in [5.74, 6) is -3.87. The molecule has 6 heterocycles. The zero-order valence-corrected chi connectivity index (χ0v) is 28.8. The number of hydrogen-bond acceptors (Lipinski definition) is 9. The molecule has 3 aliphatic rings. The predicted octanol–water partition coefficient (Wildman–Crippen LogP) is 8.42. The number of nitrogens with zero attached hydrogens (tertiary/aromatic N) is 5. The fourth-order valence-electron chi connectivity index (χ4n) is 7.88. The molecule has 4 aromatic heterocycles. The molecule has 1 saturated heterocycles. The number of fused-ring (bicyclic) bond motifs is 5. The molecule has 6 aromatic rings. The number of pyridine rings is 2. The first-order valence-electron chi connectivity index (χ1n) is 16.9. The van der Waals surface area contributed by atoms with Gasteiger partial charge in [-0.1, -0.05) is 18.2 Å². The fourth-order valence-corrected chi connectivity index (χ4v) is 9.05. The number of carbonyl (C=O) groups is 1. The van der Waals surface area contributed by atoms with Gasteiger partial charge < -0.3 is 19.4 Å². The largest absolute Gasteiger partial charge is 0.493 e. The predicted molar refractivity (Wildman–Crippen MR) is 186 cm³/mol. The van der Waals surface area contributed by atoms with Gasteiger partial charge in [-0.05, 0) is 72.5 Å². The second kappa shape index (κ2) is 12.1. The van der Waals surface area contributed by atoms with Crippen molar-refractivity contribution in [2.45, 2.75) is 57.0 Å². The van der Waals surface area contributed by atoms with Gasteiger partial charge in [-0.25, -0.2) is 22.5 Å². The van der Waals surface area contributed by atoms with Crippen molar-refractivity contribution in [2.24, 2.45) is 0 Å². The first kappa shape index (κ1) is 32.5. The molecule has 14 heteroatoms. The number of rotatable bonds is 8. The molecule has 264 valence electrons. The van der Waals surface area contributed by atoms with Crippen LogP contribution in [0.15, 0.2) is 59.1 Å². The van der Waals surface area contributed by atoms with Crippen molar-refractivity contribution in [1.82, 2.24) is 25.1 Å². The van der Waals surface area contributed by atoms with E-state index in [1.54, 1.807) is 25.1 Å². The van der Waals surface area contributed by atoms with Crippen LogP contribution in [0, 0.1) is 18.6 Å². The Morgan fingerprint density at radius 1 is 1.06 bits per heavy atom. The van der Waals surface area contributed by atoms with E-state index in [1.165, 1.54) is 42.8 Å². The Kier molecular flexibility index (Phi) is 7.58. The van der Waals surface area contributed by atoms with E-state index in [4.69, 9.17) is 14.1 Å². The highest BCUT2D eigenvalue weighted by Crippen LogP contribution is 2.52. The van der Waals surface area contributed by atoms with Gasteiger partial charge in [-0.15, -0.1) is 21.5 Å². The van der Waals surface area contributed by atoms with Crippen LogP contribution in [-0.4, -0.2) is 50.5 Å². The Morgan fingerprint density at radius 3 is 2.65 bits per heavy atom. The molecule has 0 saturated carbocycles. The molecule has 1 N–H and O–H groups in total. The first-order chi connectivity index (χ1) is 25.1. The van der Waals surface area contributed by atoms with Gasteiger partial charge in [-0.2, -0.15) is 0 Å². The number of benzene rings is 2. The number of amides is 1. The second-order valence-corrected chi connectivity index (χ2v) is 14.4. The lowest BCUT2D eigenvalue weighted by molar-refractivity contribution is -0.00736. The Hall–Kier alpha value is -5.37. The summed E-state index contributed by atoms with van der Waals surface area (Å²) in [6.07, 6.45) is 3.45. The molecule has 0 radical (unpaired) electrons. The minimum atomic E-state index is -3.26. The van der Waals surface area contributed by atoms with Crippen LogP contribution in [0.4, 0.5) is 23.4 Å². The monoisotopic (exact) mass is 726 g/mol. The zero-order chi connectivity index (χ0) is 35.9. The fraction of sp³-hybridized carbons (Fsp3) is 0.289. The van der Waals surface area contributed by atoms with Crippen molar-refractivity contribution in [3.05, 3.63) is 106 Å². The standard InChI is InChI=1S/C38H30F4N6O3S/c1-18-46-47-36(51-18)28-25(12-7-19-5-8-21(39)9-6-19)44-31-26-4-3-15-48(26)37(49)30(31)29(28)27-16-20-13-14-43-35(33(20)52-27)45-34-22-10-11-24(40)32(50-2)23(22)17-38(34,41)42/h5-6,8-11,13-14,16,26,34H,3-4,7,12,15,17H2,1-2H3,(H,43,45). The van der Waals surface area contributed by atoms with Gasteiger partial charge in [0.05, 0.1) is 40.4 Å². The number of thiophene rings is 1. The Bertz CT molecular complexity index is 2410. The molecular weight excluding hydrogens is 697 g/mol. The number of ether oxygens (including phenoxy) is 1. The molecule has 9 rings (SSSR count). The maximum Gasteiger partial charge on any atom is 0.276 e. The van der Waals surface area contributed by atoms with Gasteiger partial charge in [0.2, 0.25) is 11.8 Å². The molecule has 0 spiro atoms. The minimum Gasteiger partial charge on any atom is -0.493 e. The molecule has 1 fully saturated rings. The Balaban J connectivity index is 1.21. The smallest absolute Gasteiger partial charge is 0.276 e. The van der Waals surface area contributed by atoms with E-state index in [1.807, 2.05) is 11.0 Å². The van der Waals surface area contributed by atoms with E-state index in [-0.39, 0.29) is 46.4 Å². The van der Waals surface area contributed by atoms with Crippen LogP contribution in [0.1, 0.15) is 69.3 Å². The Morgan fingerprint density at radius 2 is 1.88 bits per heavy atom. The van der Waals surface area contributed by atoms with Crippen molar-refractivity contribution in [1.29, 1.82) is 0 Å². The van der Waals surface area contributed by atoms with E-state index in [9.17, 15) is 13.6 Å². The molecule has 0 bridgehead atoms. The number of nitrogens with one attached hydrogen (secondary N) is 1. The van der Waals surface area contributed by atoms with Crippen LogP contribution < -0.4 is 10.1 Å². The third-order valence-corrected chi connectivity index (χ3v) is 11.4. The zero-order valence-electron chi connectivity index (χ0n) is 28.0. The third-order valence-electron chi connectivity index (χ3n) is 10.2. The quantitative estimate of drug-likeness (QED) is 0.156. The van der Waals surface area contributed by atoms with Crippen molar-refractivity contribution >= 4 is 33.1 Å². The molecule has 2 aliphatic heterocycles. The number of aromatic nitrogens is 4. The number of anilines is 1. The maximum atomic E-state index is 15.7. The van der Waals surface area contributed by atoms with E-state index in [0.717, 1.165) is 24.5 Å². The van der Waals surface area contributed by atoms with Crippen LogP contribution >= 0.6 is 11.3 Å². The summed E-state index contributed by atoms with van der Waals surface area (Å²) in [5, 5.41) is 12.2. The van der Waals surface area contributed by atoms with Crippen molar-refractivity contribution in [2.75, 3.05) is 19.0 Å². The molecule has 1 aliphatic carbocycles. The molecule has 1 amide bonds. The summed E-state index contributed by atoms with van der Waals surface area (Å²) in [6, 6.07) is 10.8. The molecular formula is C38H30F4N6O3S. The van der Waals surface area contributed by atoms with E-state index in [0.29, 0.717) is 68.3 Å². The number of hydrogen-bond donors (Lipinski definition) is 1. The van der Waals surface area contributed by atoms with E-state index >= 15 is 8.78 Å². The molecule has 2 aromatic carbocycles. The molecule has 52 heavy (non-hydrogen) atoms. The lowest BCUT2D eigenvalue weighted by Gasteiger charge is -2.22. The SMILES string of the molecule is COc1c(F)ccc2c1CC(F)(F)C2Nc1nccc2cc(-c3c4c(nc(CCc5ccc(F)cc5)c3-c3nnc(C)o3)C3CCCN3C4=O)sc12. The van der Waals surface area contributed by atoms with Crippen LogP contribution in [0.2, 0.25) is 0 Å². The third kappa shape index (κ3) is 5.13. The molecule has 2 atom stereocenters. The summed E-state index contributed by atoms with van der Waals surface area (Å²) < 4.78 is 71.3. The van der Waals surface area contributed by atoms with Crippen LogP contribution in [0.5, 0.6) is 5.75 Å². The average molecular weight is 727 g/mol. The lowest BCUT2D eigenvalue weighted by atomic mass is 9.93. The highest BCUT2D eigenvalue weighted by Gasteiger charge is 2.50. The van der Waals surface area contributed by atoms with Crippen LogP contribution in [-0.2, 0) is 19.3 Å². The molecule has 2 unspecified atom stereocenters. The topological polar surface area (TPSA) is 106 Å². The number of aryl methyl sites for hydroxylation is 3. The van der Waals surface area contributed by atoms with E-state index in [2.05, 4.69) is 20.5 Å². The normalized spacial score (nSPS) is 18.6. The summed E-state index contributed by atoms with van der Waals surface area (Å²) in [6.45, 7) is 2.29. The number of methoxy groups -OCH3 is 1. The van der Waals surface area contributed by atoms with Crippen molar-refractivity contribution in [3.8, 4) is 27.6 Å². The van der Waals surface area contributed by atoms with Gasteiger partial charge >= 0.3 is 0 Å². The maximum absolute atomic E-state index is 15.7. The van der Waals surface area contributed by atoms with Gasteiger partial charge in [0, 0.05) is 42.1 Å². The summed E-state index contributed by atoms with van der Waals surface area (Å²) >= 11 is 1.30. The van der Waals surface area contributed by atoms with Crippen molar-refractivity contribution < 1.29 is 31.5 Å². The van der Waals surface area contributed by atoms with Gasteiger partial charge in [0.1, 0.15) is 17.7 Å².